The van der Waals surface area contributed by atoms with E-state index in [0.717, 1.165) is 50.7 Å². The van der Waals surface area contributed by atoms with Crippen LogP contribution in [0.2, 0.25) is 0 Å². The molecule has 0 aliphatic carbocycles. The first-order valence-electron chi connectivity index (χ1n) is 11.5. The number of nitrogens with zero attached hydrogens (tertiary/aromatic N) is 4. The lowest BCUT2D eigenvalue weighted by Gasteiger charge is -2.31. The molecule has 7 heteroatoms. The fourth-order valence-electron chi connectivity index (χ4n) is 4.58. The summed E-state index contributed by atoms with van der Waals surface area (Å²) in [5.74, 6) is 0.716. The van der Waals surface area contributed by atoms with Crippen LogP contribution in [0, 0.1) is 5.82 Å². The third-order valence-corrected chi connectivity index (χ3v) is 6.36. The Hall–Kier alpha value is -1.86. The van der Waals surface area contributed by atoms with E-state index < -0.39 is 0 Å². The highest BCUT2D eigenvalue weighted by atomic mass is 19.1. The summed E-state index contributed by atoms with van der Waals surface area (Å²) in [5.41, 5.74) is 1.51. The van der Waals surface area contributed by atoms with Gasteiger partial charge in [0.2, 0.25) is 0 Å². The zero-order chi connectivity index (χ0) is 21.5. The number of aliphatic hydroxyl groups is 1. The van der Waals surface area contributed by atoms with Crippen molar-refractivity contribution in [3.8, 4) is 0 Å². The van der Waals surface area contributed by atoms with Crippen LogP contribution < -0.4 is 10.2 Å². The Kier molecular flexibility index (Phi) is 8.33. The van der Waals surface area contributed by atoms with Crippen LogP contribution in [0.5, 0.6) is 0 Å². The van der Waals surface area contributed by atoms with E-state index in [0.29, 0.717) is 44.2 Å². The molecule has 6 nitrogen and oxygen atoms in total. The van der Waals surface area contributed by atoms with Crippen molar-refractivity contribution in [1.82, 2.24) is 15.1 Å². The van der Waals surface area contributed by atoms with Gasteiger partial charge in [0.1, 0.15) is 5.82 Å². The molecule has 2 fully saturated rings. The van der Waals surface area contributed by atoms with E-state index in [4.69, 9.17) is 4.99 Å². The zero-order valence-corrected chi connectivity index (χ0v) is 18.8. The van der Waals surface area contributed by atoms with Gasteiger partial charge < -0.3 is 20.2 Å². The topological polar surface area (TPSA) is 54.3 Å². The molecule has 0 amide bonds. The maximum atomic E-state index is 14.7. The first-order chi connectivity index (χ1) is 14.5. The molecule has 2 N–H and O–H groups in total. The number of guanidine groups is 1. The van der Waals surface area contributed by atoms with Gasteiger partial charge in [0, 0.05) is 38.8 Å². The number of anilines is 1. The van der Waals surface area contributed by atoms with Gasteiger partial charge in [-0.1, -0.05) is 19.9 Å². The van der Waals surface area contributed by atoms with Crippen LogP contribution in [0.1, 0.15) is 45.6 Å². The lowest BCUT2D eigenvalue weighted by Crippen LogP contribution is -2.43. The maximum absolute atomic E-state index is 14.7. The first kappa shape index (κ1) is 22.8. The Labute approximate surface area is 180 Å². The van der Waals surface area contributed by atoms with E-state index in [1.807, 2.05) is 17.0 Å². The molecule has 1 unspecified atom stereocenters. The zero-order valence-electron chi connectivity index (χ0n) is 18.8. The van der Waals surface area contributed by atoms with Crippen LogP contribution >= 0.6 is 0 Å². The molecule has 0 radical (unpaired) electrons. The Balaban J connectivity index is 1.64. The second kappa shape index (κ2) is 11.0. The molecule has 0 aromatic heterocycles. The van der Waals surface area contributed by atoms with E-state index in [1.54, 1.807) is 6.07 Å². The van der Waals surface area contributed by atoms with Crippen molar-refractivity contribution in [2.75, 3.05) is 50.7 Å². The van der Waals surface area contributed by atoms with Gasteiger partial charge in [0.15, 0.2) is 5.96 Å². The minimum Gasteiger partial charge on any atom is -0.393 e. The van der Waals surface area contributed by atoms with Gasteiger partial charge in [0.25, 0.3) is 0 Å². The summed E-state index contributed by atoms with van der Waals surface area (Å²) in [6.45, 7) is 13.3. The van der Waals surface area contributed by atoms with Crippen LogP contribution in [0.3, 0.4) is 0 Å². The molecule has 1 aromatic rings. The van der Waals surface area contributed by atoms with Crippen molar-refractivity contribution in [3.05, 3.63) is 29.6 Å². The molecular weight excluding hydrogens is 381 g/mol. The molecule has 168 valence electrons. The molecule has 0 bridgehead atoms. The van der Waals surface area contributed by atoms with Crippen molar-refractivity contribution in [3.63, 3.8) is 0 Å². The highest BCUT2D eigenvalue weighted by Gasteiger charge is 2.28. The number of hydrogen-bond acceptors (Lipinski definition) is 4. The minimum absolute atomic E-state index is 0.202. The molecule has 1 aromatic carbocycles. The fourth-order valence-corrected chi connectivity index (χ4v) is 4.58. The fraction of sp³-hybridized carbons (Fsp3) is 0.696. The summed E-state index contributed by atoms with van der Waals surface area (Å²) in [6.07, 6.45) is 2.29. The predicted octanol–water partition coefficient (Wildman–Crippen LogP) is 2.67. The van der Waals surface area contributed by atoms with Crippen LogP contribution in [0.25, 0.3) is 0 Å². The van der Waals surface area contributed by atoms with Gasteiger partial charge >= 0.3 is 0 Å². The molecule has 0 spiro atoms. The molecule has 30 heavy (non-hydrogen) atoms. The molecular formula is C23H38FN5O. The number of aliphatic imine (C=N–C) groups is 1. The summed E-state index contributed by atoms with van der Waals surface area (Å²) in [6, 6.07) is 6.01. The standard InChI is InChI=1S/C23H38FN5O/c1-4-25-23(29-12-9-19(17-29)27(5-2)6-3)26-16-18-7-8-22(21(24)15-18)28-13-10-20(30)11-14-28/h7-8,15,19-20,30H,4-6,9-14,16-17H2,1-3H3,(H,25,26). The van der Waals surface area contributed by atoms with Crippen LogP contribution in [0.15, 0.2) is 23.2 Å². The molecule has 2 aliphatic heterocycles. The number of rotatable bonds is 7. The minimum atomic E-state index is -0.255. The summed E-state index contributed by atoms with van der Waals surface area (Å²) in [7, 11) is 0. The Morgan fingerprint density at radius 2 is 1.90 bits per heavy atom. The first-order valence-corrected chi connectivity index (χ1v) is 11.5. The number of aliphatic hydroxyl groups excluding tert-OH is 1. The van der Waals surface area contributed by atoms with Gasteiger partial charge in [0.05, 0.1) is 18.3 Å². The van der Waals surface area contributed by atoms with Crippen molar-refractivity contribution in [2.45, 2.75) is 58.7 Å². The number of benzene rings is 1. The largest absolute Gasteiger partial charge is 0.393 e. The van der Waals surface area contributed by atoms with Crippen LogP contribution in [0.4, 0.5) is 10.1 Å². The van der Waals surface area contributed by atoms with Gasteiger partial charge in [-0.15, -0.1) is 0 Å². The average Bonchev–Trinajstić information content (AvgIpc) is 3.23. The second-order valence-electron chi connectivity index (χ2n) is 8.28. The number of halogens is 1. The average molecular weight is 420 g/mol. The lowest BCUT2D eigenvalue weighted by atomic mass is 10.1. The van der Waals surface area contributed by atoms with Crippen molar-refractivity contribution >= 4 is 11.6 Å². The van der Waals surface area contributed by atoms with Gasteiger partial charge in [-0.3, -0.25) is 4.90 Å². The molecule has 2 aliphatic rings. The van der Waals surface area contributed by atoms with E-state index in [2.05, 4.69) is 35.9 Å². The summed E-state index contributed by atoms with van der Waals surface area (Å²) in [5, 5.41) is 13.1. The third-order valence-electron chi connectivity index (χ3n) is 6.36. The molecule has 2 saturated heterocycles. The highest BCUT2D eigenvalue weighted by Crippen LogP contribution is 2.24. The van der Waals surface area contributed by atoms with Crippen molar-refractivity contribution in [1.29, 1.82) is 0 Å². The number of likely N-dealkylation sites (tertiary alicyclic amines) is 1. The number of likely N-dealkylation sites (N-methyl/N-ethyl adjacent to an activating group) is 1. The molecule has 2 heterocycles. The van der Waals surface area contributed by atoms with E-state index in [1.165, 1.54) is 0 Å². The van der Waals surface area contributed by atoms with Crippen molar-refractivity contribution in [2.24, 2.45) is 4.99 Å². The Morgan fingerprint density at radius 3 is 2.53 bits per heavy atom. The third kappa shape index (κ3) is 5.64. The summed E-state index contributed by atoms with van der Waals surface area (Å²) in [4.78, 5) is 11.7. The normalized spacial score (nSPS) is 21.0. The van der Waals surface area contributed by atoms with Crippen molar-refractivity contribution < 1.29 is 9.50 Å². The highest BCUT2D eigenvalue weighted by molar-refractivity contribution is 5.80. The summed E-state index contributed by atoms with van der Waals surface area (Å²) < 4.78 is 14.7. The quantitative estimate of drug-likeness (QED) is 0.526. The number of hydrogen-bond donors (Lipinski definition) is 2. The Morgan fingerprint density at radius 1 is 1.17 bits per heavy atom. The lowest BCUT2D eigenvalue weighted by molar-refractivity contribution is 0.145. The van der Waals surface area contributed by atoms with Gasteiger partial charge in [-0.25, -0.2) is 9.38 Å². The van der Waals surface area contributed by atoms with Crippen LogP contribution in [-0.4, -0.2) is 78.8 Å². The Bertz CT molecular complexity index is 701. The van der Waals surface area contributed by atoms with Gasteiger partial charge in [-0.2, -0.15) is 0 Å². The van der Waals surface area contributed by atoms with E-state index >= 15 is 0 Å². The van der Waals surface area contributed by atoms with E-state index in [9.17, 15) is 9.50 Å². The SMILES string of the molecule is CCNC(=NCc1ccc(N2CCC(O)CC2)c(F)c1)N1CCC(N(CC)CC)C1. The number of nitrogens with one attached hydrogen (secondary N) is 1. The molecule has 3 rings (SSSR count). The maximum Gasteiger partial charge on any atom is 0.194 e. The van der Waals surface area contributed by atoms with Gasteiger partial charge in [-0.05, 0) is 57.0 Å². The monoisotopic (exact) mass is 419 g/mol. The van der Waals surface area contributed by atoms with E-state index in [-0.39, 0.29) is 11.9 Å². The number of piperidine rings is 1. The predicted molar refractivity (Wildman–Crippen MR) is 122 cm³/mol. The summed E-state index contributed by atoms with van der Waals surface area (Å²) >= 11 is 0. The smallest absolute Gasteiger partial charge is 0.194 e. The second-order valence-corrected chi connectivity index (χ2v) is 8.28. The molecule has 0 saturated carbocycles. The van der Waals surface area contributed by atoms with Crippen LogP contribution in [-0.2, 0) is 6.54 Å². The molecule has 1 atom stereocenters.